The number of phenolic OH excluding ortho intramolecular Hbond substituents is 1. The number of aromatic hydroxyl groups is 1. The molecular weight excluding hydrogens is 200 g/mol. The van der Waals surface area contributed by atoms with Crippen LogP contribution >= 0.6 is 0 Å². The van der Waals surface area contributed by atoms with Crippen LogP contribution in [0.4, 0.5) is 0 Å². The molecule has 0 radical (unpaired) electrons. The minimum absolute atomic E-state index is 0.393. The largest absolute Gasteiger partial charge is 0.508 e. The molecule has 3 unspecified atom stereocenters. The molecule has 0 aromatic heterocycles. The van der Waals surface area contributed by atoms with E-state index in [9.17, 15) is 5.11 Å². The van der Waals surface area contributed by atoms with E-state index in [1.54, 1.807) is 6.07 Å². The molecule has 1 N–H and O–H groups in total. The second kappa shape index (κ2) is 4.46. The highest BCUT2D eigenvalue weighted by atomic mass is 16.6. The van der Waals surface area contributed by atoms with Crippen LogP contribution in [0.2, 0.25) is 0 Å². The Kier molecular flexibility index (Phi) is 3.20. The molecule has 0 bridgehead atoms. The van der Waals surface area contributed by atoms with Crippen molar-refractivity contribution >= 4 is 0 Å². The summed E-state index contributed by atoms with van der Waals surface area (Å²) in [6.45, 7) is 6.34. The molecule has 2 heteroatoms. The average Bonchev–Trinajstić information content (AvgIpc) is 2.92. The Balaban J connectivity index is 2.19. The highest BCUT2D eigenvalue weighted by molar-refractivity contribution is 5.41. The number of hydrogen-bond acceptors (Lipinski definition) is 2. The van der Waals surface area contributed by atoms with Crippen molar-refractivity contribution in [3.63, 3.8) is 0 Å². The van der Waals surface area contributed by atoms with Crippen LogP contribution in [-0.2, 0) is 4.74 Å². The maximum Gasteiger partial charge on any atom is 0.119 e. The molecular formula is C14H20O2. The van der Waals surface area contributed by atoms with Crippen LogP contribution in [0.5, 0.6) is 5.75 Å². The van der Waals surface area contributed by atoms with Gasteiger partial charge in [0, 0.05) is 0 Å². The Morgan fingerprint density at radius 3 is 2.62 bits per heavy atom. The first-order valence-electron chi connectivity index (χ1n) is 6.07. The molecule has 3 atom stereocenters. The van der Waals surface area contributed by atoms with Gasteiger partial charge in [-0.2, -0.15) is 0 Å². The molecule has 0 saturated carbocycles. The van der Waals surface area contributed by atoms with Gasteiger partial charge >= 0.3 is 0 Å². The molecule has 1 aliphatic rings. The Morgan fingerprint density at radius 2 is 2.12 bits per heavy atom. The van der Waals surface area contributed by atoms with E-state index in [2.05, 4.69) is 26.8 Å². The summed E-state index contributed by atoms with van der Waals surface area (Å²) < 4.78 is 5.47. The predicted molar refractivity (Wildman–Crippen MR) is 64.8 cm³/mol. The molecule has 2 nitrogen and oxygen atoms in total. The van der Waals surface area contributed by atoms with Crippen molar-refractivity contribution in [2.24, 2.45) is 0 Å². The molecule has 1 aromatic rings. The van der Waals surface area contributed by atoms with E-state index in [4.69, 9.17) is 4.74 Å². The summed E-state index contributed by atoms with van der Waals surface area (Å²) in [6, 6.07) is 5.74. The van der Waals surface area contributed by atoms with E-state index in [-0.39, 0.29) is 0 Å². The van der Waals surface area contributed by atoms with Crippen molar-refractivity contribution < 1.29 is 9.84 Å². The third kappa shape index (κ3) is 2.22. The van der Waals surface area contributed by atoms with Gasteiger partial charge < -0.3 is 9.84 Å². The fraction of sp³-hybridized carbons (Fsp3) is 0.571. The molecule has 0 amide bonds. The second-order valence-corrected chi connectivity index (χ2v) is 4.73. The van der Waals surface area contributed by atoms with Gasteiger partial charge in [0.15, 0.2) is 0 Å². The van der Waals surface area contributed by atoms with E-state index < -0.39 is 0 Å². The number of aryl methyl sites for hydroxylation is 1. The smallest absolute Gasteiger partial charge is 0.119 e. The SMILES string of the molecule is CCC(CC1OC1C)c1c(C)cccc1O. The molecule has 0 aliphatic carbocycles. The highest BCUT2D eigenvalue weighted by Gasteiger charge is 2.36. The minimum atomic E-state index is 0.393. The molecule has 16 heavy (non-hydrogen) atoms. The van der Waals surface area contributed by atoms with Gasteiger partial charge in [0.2, 0.25) is 0 Å². The van der Waals surface area contributed by atoms with Gasteiger partial charge in [0.1, 0.15) is 5.75 Å². The van der Waals surface area contributed by atoms with Crippen LogP contribution in [-0.4, -0.2) is 17.3 Å². The topological polar surface area (TPSA) is 32.8 Å². The fourth-order valence-corrected chi connectivity index (χ4v) is 2.44. The Hall–Kier alpha value is -1.02. The molecule has 1 aromatic carbocycles. The van der Waals surface area contributed by atoms with Crippen molar-refractivity contribution in [3.8, 4) is 5.75 Å². The lowest BCUT2D eigenvalue weighted by Gasteiger charge is -2.18. The lowest BCUT2D eigenvalue weighted by atomic mass is 9.87. The minimum Gasteiger partial charge on any atom is -0.508 e. The maximum absolute atomic E-state index is 9.95. The first-order chi connectivity index (χ1) is 7.63. The van der Waals surface area contributed by atoms with Crippen molar-refractivity contribution in [3.05, 3.63) is 29.3 Å². The monoisotopic (exact) mass is 220 g/mol. The van der Waals surface area contributed by atoms with Gasteiger partial charge in [-0.1, -0.05) is 19.1 Å². The Morgan fingerprint density at radius 1 is 1.44 bits per heavy atom. The number of epoxide rings is 1. The van der Waals surface area contributed by atoms with Crippen molar-refractivity contribution in [2.45, 2.75) is 51.7 Å². The summed E-state index contributed by atoms with van der Waals surface area (Å²) in [7, 11) is 0. The number of benzene rings is 1. The summed E-state index contributed by atoms with van der Waals surface area (Å²) in [5.74, 6) is 0.844. The number of rotatable bonds is 4. The summed E-state index contributed by atoms with van der Waals surface area (Å²) in [5.41, 5.74) is 2.29. The van der Waals surface area contributed by atoms with Gasteiger partial charge in [-0.15, -0.1) is 0 Å². The summed E-state index contributed by atoms with van der Waals surface area (Å²) in [5, 5.41) is 9.95. The Bertz CT molecular complexity index is 353. The average molecular weight is 220 g/mol. The van der Waals surface area contributed by atoms with Crippen LogP contribution in [0.3, 0.4) is 0 Å². The first-order valence-corrected chi connectivity index (χ1v) is 6.07. The Labute approximate surface area is 97.3 Å². The van der Waals surface area contributed by atoms with Crippen LogP contribution in [0, 0.1) is 6.92 Å². The van der Waals surface area contributed by atoms with Crippen LogP contribution in [0.15, 0.2) is 18.2 Å². The van der Waals surface area contributed by atoms with E-state index in [0.717, 1.165) is 18.4 Å². The lowest BCUT2D eigenvalue weighted by molar-refractivity contribution is 0.354. The van der Waals surface area contributed by atoms with Gasteiger partial charge in [-0.3, -0.25) is 0 Å². The molecule has 88 valence electrons. The highest BCUT2D eigenvalue weighted by Crippen LogP contribution is 2.38. The molecule has 2 rings (SSSR count). The zero-order valence-corrected chi connectivity index (χ0v) is 10.2. The standard InChI is InChI=1S/C14H20O2/c1-4-11(8-13-10(3)16-13)14-9(2)6-5-7-12(14)15/h5-7,10-11,13,15H,4,8H2,1-3H3. The molecule has 1 saturated heterocycles. The predicted octanol–water partition coefficient (Wildman–Crippen LogP) is 3.37. The number of phenols is 1. The van der Waals surface area contributed by atoms with E-state index in [1.165, 1.54) is 5.56 Å². The van der Waals surface area contributed by atoms with Crippen molar-refractivity contribution in [1.29, 1.82) is 0 Å². The number of ether oxygens (including phenoxy) is 1. The van der Waals surface area contributed by atoms with Crippen LogP contribution < -0.4 is 0 Å². The summed E-state index contributed by atoms with van der Waals surface area (Å²) in [6.07, 6.45) is 2.87. The zero-order valence-electron chi connectivity index (χ0n) is 10.2. The van der Waals surface area contributed by atoms with Gasteiger partial charge in [-0.05, 0) is 49.8 Å². The molecule has 0 spiro atoms. The quantitative estimate of drug-likeness (QED) is 0.789. The summed E-state index contributed by atoms with van der Waals surface area (Å²) in [4.78, 5) is 0. The van der Waals surface area contributed by atoms with E-state index in [1.807, 2.05) is 6.07 Å². The second-order valence-electron chi connectivity index (χ2n) is 4.73. The maximum atomic E-state index is 9.95. The number of hydrogen-bond donors (Lipinski definition) is 1. The van der Waals surface area contributed by atoms with Gasteiger partial charge in [0.05, 0.1) is 12.2 Å². The van der Waals surface area contributed by atoms with Gasteiger partial charge in [-0.25, -0.2) is 0 Å². The lowest BCUT2D eigenvalue weighted by Crippen LogP contribution is -2.05. The third-order valence-corrected chi connectivity index (χ3v) is 3.56. The van der Waals surface area contributed by atoms with E-state index in [0.29, 0.717) is 23.9 Å². The summed E-state index contributed by atoms with van der Waals surface area (Å²) >= 11 is 0. The van der Waals surface area contributed by atoms with Crippen LogP contribution in [0.25, 0.3) is 0 Å². The first kappa shape index (κ1) is 11.5. The molecule has 1 heterocycles. The van der Waals surface area contributed by atoms with E-state index >= 15 is 0 Å². The normalized spacial score (nSPS) is 25.4. The molecule has 1 aliphatic heterocycles. The zero-order chi connectivity index (χ0) is 11.7. The molecule has 1 fully saturated rings. The fourth-order valence-electron chi connectivity index (χ4n) is 2.44. The van der Waals surface area contributed by atoms with Crippen LogP contribution in [0.1, 0.15) is 43.7 Å². The third-order valence-electron chi connectivity index (χ3n) is 3.56. The van der Waals surface area contributed by atoms with Crippen molar-refractivity contribution in [1.82, 2.24) is 0 Å². The van der Waals surface area contributed by atoms with Crippen molar-refractivity contribution in [2.75, 3.05) is 0 Å². The van der Waals surface area contributed by atoms with Gasteiger partial charge in [0.25, 0.3) is 0 Å².